The summed E-state index contributed by atoms with van der Waals surface area (Å²) in [6.07, 6.45) is 4.55. The Morgan fingerprint density at radius 2 is 1.83 bits per heavy atom. The molecule has 0 radical (unpaired) electrons. The van der Waals surface area contributed by atoms with Crippen LogP contribution >= 0.6 is 0 Å². The Bertz CT molecular complexity index is 779. The van der Waals surface area contributed by atoms with Gasteiger partial charge in [0.05, 0.1) is 19.0 Å². The second-order valence-corrected chi connectivity index (χ2v) is 6.87. The van der Waals surface area contributed by atoms with Crippen molar-refractivity contribution in [3.8, 4) is 0 Å². The number of rotatable bonds is 2. The van der Waals surface area contributed by atoms with Crippen molar-refractivity contribution in [1.82, 2.24) is 0 Å². The molecular weight excluding hydrogens is 284 g/mol. The lowest BCUT2D eigenvalue weighted by atomic mass is 9.63. The number of fused-ring (bicyclic) bond motifs is 3. The van der Waals surface area contributed by atoms with Gasteiger partial charge in [0, 0.05) is 12.3 Å². The smallest absolute Gasteiger partial charge is 0.119 e. The van der Waals surface area contributed by atoms with Gasteiger partial charge >= 0.3 is 0 Å². The van der Waals surface area contributed by atoms with Crippen LogP contribution in [0.4, 0.5) is 0 Å². The Hall–Kier alpha value is -2.06. The lowest BCUT2D eigenvalue weighted by molar-refractivity contribution is -0.0174. The molecule has 2 heterocycles. The molecule has 2 nitrogen and oxygen atoms in total. The van der Waals surface area contributed by atoms with E-state index in [2.05, 4.69) is 60.7 Å². The molecule has 0 N–H and O–H groups in total. The molecule has 2 bridgehead atoms. The first-order chi connectivity index (χ1) is 11.3. The van der Waals surface area contributed by atoms with E-state index in [0.29, 0.717) is 11.8 Å². The van der Waals surface area contributed by atoms with E-state index in [0.717, 1.165) is 18.6 Å². The molecule has 3 aliphatic rings. The molecular formula is C21H20O2. The third-order valence-electron chi connectivity index (χ3n) is 5.86. The number of benzene rings is 2. The van der Waals surface area contributed by atoms with Crippen molar-refractivity contribution in [2.45, 2.75) is 30.5 Å². The summed E-state index contributed by atoms with van der Waals surface area (Å²) in [5.41, 5.74) is 3.81. The van der Waals surface area contributed by atoms with E-state index in [1.54, 1.807) is 7.11 Å². The molecule has 1 fully saturated rings. The molecule has 2 aromatic rings. The number of methoxy groups -OCH3 is 1. The molecule has 1 spiro atoms. The van der Waals surface area contributed by atoms with Gasteiger partial charge in [0.15, 0.2) is 0 Å². The molecule has 4 atom stereocenters. The minimum atomic E-state index is -0.300. The van der Waals surface area contributed by atoms with Gasteiger partial charge in [-0.15, -0.1) is 0 Å². The second-order valence-electron chi connectivity index (χ2n) is 6.87. The molecule has 2 heteroatoms. The van der Waals surface area contributed by atoms with Crippen molar-refractivity contribution in [3.63, 3.8) is 0 Å². The van der Waals surface area contributed by atoms with Crippen molar-refractivity contribution in [2.75, 3.05) is 7.11 Å². The molecule has 1 saturated heterocycles. The predicted molar refractivity (Wildman–Crippen MR) is 88.9 cm³/mol. The van der Waals surface area contributed by atoms with Crippen LogP contribution in [-0.4, -0.2) is 7.11 Å². The highest BCUT2D eigenvalue weighted by Gasteiger charge is 2.60. The fraction of sp³-hybridized carbons (Fsp3) is 0.333. The van der Waals surface area contributed by atoms with Crippen LogP contribution in [0.1, 0.15) is 41.6 Å². The number of hydrogen-bond acceptors (Lipinski definition) is 2. The number of hydrogen-bond donors (Lipinski definition) is 0. The van der Waals surface area contributed by atoms with E-state index < -0.39 is 0 Å². The molecule has 1 aliphatic carbocycles. The van der Waals surface area contributed by atoms with E-state index in [1.807, 2.05) is 0 Å². The predicted octanol–water partition coefficient (Wildman–Crippen LogP) is 4.69. The molecule has 116 valence electrons. The summed E-state index contributed by atoms with van der Waals surface area (Å²) < 4.78 is 12.3. The number of ether oxygens (including phenoxy) is 2. The molecule has 0 aromatic heterocycles. The lowest BCUT2D eigenvalue weighted by Gasteiger charge is -2.41. The SMILES string of the molecule is COC1=C[C@@]23O[C@@H](C[C@H]2[C@H](c2ccccc2)C1)c1ccccc13. The van der Waals surface area contributed by atoms with Gasteiger partial charge in [0.1, 0.15) is 5.60 Å². The van der Waals surface area contributed by atoms with Gasteiger partial charge in [-0.25, -0.2) is 0 Å². The maximum Gasteiger partial charge on any atom is 0.119 e. The van der Waals surface area contributed by atoms with Crippen molar-refractivity contribution in [3.05, 3.63) is 83.1 Å². The molecule has 0 amide bonds. The van der Waals surface area contributed by atoms with Gasteiger partial charge < -0.3 is 9.47 Å². The fourth-order valence-electron chi connectivity index (χ4n) is 4.90. The standard InChI is InChI=1S/C21H20O2/c1-22-15-11-17(14-7-3-2-4-8-14)19-12-20-16-9-5-6-10-18(16)21(19,13-15)23-20/h2-10,13,17,19-20H,11-12H2,1H3/t17-,19-,20-,21-/m0/s1. The van der Waals surface area contributed by atoms with Crippen LogP contribution < -0.4 is 0 Å². The summed E-state index contributed by atoms with van der Waals surface area (Å²) in [5, 5.41) is 0. The lowest BCUT2D eigenvalue weighted by Crippen LogP contribution is -2.37. The molecule has 23 heavy (non-hydrogen) atoms. The minimum Gasteiger partial charge on any atom is -0.501 e. The monoisotopic (exact) mass is 304 g/mol. The maximum absolute atomic E-state index is 6.56. The Morgan fingerprint density at radius 3 is 2.65 bits per heavy atom. The Kier molecular flexibility index (Phi) is 2.75. The second kappa shape index (κ2) is 4.72. The fourth-order valence-corrected chi connectivity index (χ4v) is 4.90. The highest BCUT2D eigenvalue weighted by atomic mass is 16.5. The van der Waals surface area contributed by atoms with Crippen LogP contribution in [0.3, 0.4) is 0 Å². The summed E-state index contributed by atoms with van der Waals surface area (Å²) >= 11 is 0. The van der Waals surface area contributed by atoms with Gasteiger partial charge in [-0.2, -0.15) is 0 Å². The quantitative estimate of drug-likeness (QED) is 0.801. The van der Waals surface area contributed by atoms with E-state index in [4.69, 9.17) is 9.47 Å². The third-order valence-corrected chi connectivity index (χ3v) is 5.86. The van der Waals surface area contributed by atoms with Crippen LogP contribution in [0.15, 0.2) is 66.4 Å². The Morgan fingerprint density at radius 1 is 1.04 bits per heavy atom. The summed E-state index contributed by atoms with van der Waals surface area (Å²) in [4.78, 5) is 0. The van der Waals surface area contributed by atoms with Gasteiger partial charge in [-0.3, -0.25) is 0 Å². The third kappa shape index (κ3) is 1.73. The van der Waals surface area contributed by atoms with Crippen LogP contribution in [0, 0.1) is 5.92 Å². The van der Waals surface area contributed by atoms with Crippen molar-refractivity contribution in [2.24, 2.45) is 5.92 Å². The Labute approximate surface area is 136 Å². The zero-order valence-electron chi connectivity index (χ0n) is 13.2. The number of allylic oxidation sites excluding steroid dienone is 1. The molecule has 5 rings (SSSR count). The molecule has 2 aliphatic heterocycles. The largest absolute Gasteiger partial charge is 0.501 e. The van der Waals surface area contributed by atoms with Crippen LogP contribution in [-0.2, 0) is 15.1 Å². The van der Waals surface area contributed by atoms with Crippen molar-refractivity contribution in [1.29, 1.82) is 0 Å². The molecule has 2 aromatic carbocycles. The summed E-state index contributed by atoms with van der Waals surface area (Å²) in [7, 11) is 1.78. The highest BCUT2D eigenvalue weighted by Crippen LogP contribution is 2.64. The van der Waals surface area contributed by atoms with Crippen molar-refractivity contribution >= 4 is 0 Å². The highest BCUT2D eigenvalue weighted by molar-refractivity contribution is 5.48. The average Bonchev–Trinajstić information content (AvgIpc) is 3.15. The topological polar surface area (TPSA) is 18.5 Å². The van der Waals surface area contributed by atoms with Crippen molar-refractivity contribution < 1.29 is 9.47 Å². The van der Waals surface area contributed by atoms with E-state index in [1.165, 1.54) is 16.7 Å². The normalized spacial score (nSPS) is 33.8. The zero-order valence-corrected chi connectivity index (χ0v) is 13.2. The van der Waals surface area contributed by atoms with E-state index in [9.17, 15) is 0 Å². The van der Waals surface area contributed by atoms with Gasteiger partial charge in [0.2, 0.25) is 0 Å². The minimum absolute atomic E-state index is 0.231. The first kappa shape index (κ1) is 13.4. The van der Waals surface area contributed by atoms with Crippen LogP contribution in [0.25, 0.3) is 0 Å². The van der Waals surface area contributed by atoms with Gasteiger partial charge in [-0.05, 0) is 35.1 Å². The summed E-state index contributed by atoms with van der Waals surface area (Å²) in [6, 6.07) is 19.5. The van der Waals surface area contributed by atoms with Gasteiger partial charge in [-0.1, -0.05) is 54.6 Å². The zero-order chi connectivity index (χ0) is 15.4. The molecule has 0 saturated carbocycles. The van der Waals surface area contributed by atoms with Gasteiger partial charge in [0.25, 0.3) is 0 Å². The molecule has 0 unspecified atom stereocenters. The first-order valence-electron chi connectivity index (χ1n) is 8.40. The van der Waals surface area contributed by atoms with E-state index >= 15 is 0 Å². The first-order valence-corrected chi connectivity index (χ1v) is 8.40. The van der Waals surface area contributed by atoms with Crippen LogP contribution in [0.2, 0.25) is 0 Å². The van der Waals surface area contributed by atoms with E-state index in [-0.39, 0.29) is 11.7 Å². The Balaban J connectivity index is 1.68. The van der Waals surface area contributed by atoms with Crippen LogP contribution in [0.5, 0.6) is 0 Å². The summed E-state index contributed by atoms with van der Waals surface area (Å²) in [5.74, 6) is 1.99. The summed E-state index contributed by atoms with van der Waals surface area (Å²) in [6.45, 7) is 0. The maximum atomic E-state index is 6.56. The average molecular weight is 304 g/mol.